The summed E-state index contributed by atoms with van der Waals surface area (Å²) in [6, 6.07) is 8.61. The third kappa shape index (κ3) is 5.42. The molecule has 1 amide bonds. The Labute approximate surface area is 146 Å². The van der Waals surface area contributed by atoms with E-state index in [1.54, 1.807) is 18.2 Å². The van der Waals surface area contributed by atoms with E-state index in [1.165, 1.54) is 6.20 Å². The predicted molar refractivity (Wildman–Crippen MR) is 93.8 cm³/mol. The number of carbonyl (C=O) groups excluding carboxylic acids is 1. The summed E-state index contributed by atoms with van der Waals surface area (Å²) in [6.45, 7) is 4.31. The Kier molecular flexibility index (Phi) is 6.44. The number of benzene rings is 1. The fourth-order valence-electron chi connectivity index (χ4n) is 2.12. The van der Waals surface area contributed by atoms with Gasteiger partial charge in [0.1, 0.15) is 10.8 Å². The molecule has 0 aliphatic rings. The molecule has 5 nitrogen and oxygen atoms in total. The molecular formula is C18H21ClN2O3. The summed E-state index contributed by atoms with van der Waals surface area (Å²) in [6.07, 6.45) is 3.04. The van der Waals surface area contributed by atoms with Crippen molar-refractivity contribution < 1.29 is 14.6 Å². The minimum Gasteiger partial charge on any atom is -0.508 e. The Morgan fingerprint density at radius 2 is 2.04 bits per heavy atom. The van der Waals surface area contributed by atoms with Gasteiger partial charge in [0.2, 0.25) is 5.88 Å². The number of halogens is 1. The van der Waals surface area contributed by atoms with Crippen LogP contribution in [0, 0.1) is 0 Å². The molecule has 128 valence electrons. The molecule has 1 heterocycles. The average Bonchev–Trinajstić information content (AvgIpc) is 2.54. The van der Waals surface area contributed by atoms with Crippen molar-refractivity contribution in [1.82, 2.24) is 10.3 Å². The second-order valence-corrected chi connectivity index (χ2v) is 6.11. The molecule has 2 N–H and O–H groups in total. The fraction of sp³-hybridized carbons (Fsp3) is 0.333. The van der Waals surface area contributed by atoms with Crippen molar-refractivity contribution >= 4 is 17.5 Å². The van der Waals surface area contributed by atoms with Crippen LogP contribution < -0.4 is 10.1 Å². The first-order chi connectivity index (χ1) is 11.5. The number of amides is 1. The first-order valence-corrected chi connectivity index (χ1v) is 8.22. The van der Waals surface area contributed by atoms with Crippen LogP contribution in [0.4, 0.5) is 0 Å². The minimum atomic E-state index is -0.216. The zero-order chi connectivity index (χ0) is 17.5. The van der Waals surface area contributed by atoms with Gasteiger partial charge in [-0.1, -0.05) is 23.7 Å². The normalized spacial score (nSPS) is 10.7. The summed E-state index contributed by atoms with van der Waals surface area (Å²) < 4.78 is 5.44. The van der Waals surface area contributed by atoms with Gasteiger partial charge in [-0.2, -0.15) is 0 Å². The van der Waals surface area contributed by atoms with Gasteiger partial charge in [-0.3, -0.25) is 4.79 Å². The third-order valence-corrected chi connectivity index (χ3v) is 3.55. The maximum Gasteiger partial charge on any atom is 0.252 e. The Morgan fingerprint density at radius 1 is 1.33 bits per heavy atom. The average molecular weight is 349 g/mol. The predicted octanol–water partition coefficient (Wildman–Crippen LogP) is 3.59. The largest absolute Gasteiger partial charge is 0.508 e. The quantitative estimate of drug-likeness (QED) is 0.750. The van der Waals surface area contributed by atoms with Crippen LogP contribution in [0.1, 0.15) is 36.2 Å². The number of carbonyl (C=O) groups is 1. The van der Waals surface area contributed by atoms with Gasteiger partial charge in [0.05, 0.1) is 11.7 Å². The van der Waals surface area contributed by atoms with Crippen LogP contribution in [-0.4, -0.2) is 28.6 Å². The van der Waals surface area contributed by atoms with Crippen molar-refractivity contribution in [2.45, 2.75) is 32.8 Å². The van der Waals surface area contributed by atoms with Gasteiger partial charge >= 0.3 is 0 Å². The van der Waals surface area contributed by atoms with Crippen molar-refractivity contribution in [1.29, 1.82) is 0 Å². The number of rotatable bonds is 7. The van der Waals surface area contributed by atoms with Gasteiger partial charge in [0, 0.05) is 12.7 Å². The highest BCUT2D eigenvalue weighted by molar-refractivity contribution is 6.32. The molecule has 0 unspecified atom stereocenters. The van der Waals surface area contributed by atoms with Crippen molar-refractivity contribution in [3.05, 3.63) is 52.7 Å². The SMILES string of the molecule is CC(C)Oc1ncc(C(=O)NCCCc2ccc(O)cc2)cc1Cl. The van der Waals surface area contributed by atoms with E-state index in [1.807, 2.05) is 26.0 Å². The maximum absolute atomic E-state index is 12.1. The number of aromatic nitrogens is 1. The Balaban J connectivity index is 1.81. The molecule has 0 atom stereocenters. The molecule has 0 bridgehead atoms. The van der Waals surface area contributed by atoms with E-state index in [0.29, 0.717) is 23.0 Å². The number of pyridine rings is 1. The molecule has 2 rings (SSSR count). The second kappa shape index (κ2) is 8.55. The van der Waals surface area contributed by atoms with E-state index in [0.717, 1.165) is 18.4 Å². The number of nitrogens with one attached hydrogen (secondary N) is 1. The molecule has 0 aliphatic carbocycles. The van der Waals surface area contributed by atoms with Crippen LogP contribution in [0.25, 0.3) is 0 Å². The number of hydrogen-bond acceptors (Lipinski definition) is 4. The van der Waals surface area contributed by atoms with Crippen molar-refractivity contribution in [2.24, 2.45) is 0 Å². The molecule has 0 radical (unpaired) electrons. The van der Waals surface area contributed by atoms with Crippen LogP contribution in [-0.2, 0) is 6.42 Å². The highest BCUT2D eigenvalue weighted by Crippen LogP contribution is 2.23. The van der Waals surface area contributed by atoms with E-state index in [-0.39, 0.29) is 17.8 Å². The lowest BCUT2D eigenvalue weighted by Crippen LogP contribution is -2.25. The zero-order valence-electron chi connectivity index (χ0n) is 13.8. The number of ether oxygens (including phenoxy) is 1. The van der Waals surface area contributed by atoms with Gasteiger partial charge in [-0.15, -0.1) is 0 Å². The van der Waals surface area contributed by atoms with Crippen LogP contribution in [0.15, 0.2) is 36.5 Å². The monoisotopic (exact) mass is 348 g/mol. The summed E-state index contributed by atoms with van der Waals surface area (Å²) in [7, 11) is 0. The zero-order valence-corrected chi connectivity index (χ0v) is 14.5. The molecule has 0 saturated heterocycles. The highest BCUT2D eigenvalue weighted by atomic mass is 35.5. The minimum absolute atomic E-state index is 0.0328. The highest BCUT2D eigenvalue weighted by Gasteiger charge is 2.11. The second-order valence-electron chi connectivity index (χ2n) is 5.70. The summed E-state index contributed by atoms with van der Waals surface area (Å²) in [5.41, 5.74) is 1.52. The van der Waals surface area contributed by atoms with Gasteiger partial charge in [0.15, 0.2) is 0 Å². The van der Waals surface area contributed by atoms with E-state index in [9.17, 15) is 9.90 Å². The van der Waals surface area contributed by atoms with Crippen LogP contribution in [0.2, 0.25) is 5.02 Å². The fourth-order valence-corrected chi connectivity index (χ4v) is 2.33. The molecule has 1 aromatic carbocycles. The number of nitrogens with zero attached hydrogens (tertiary/aromatic N) is 1. The topological polar surface area (TPSA) is 71.5 Å². The van der Waals surface area contributed by atoms with Crippen LogP contribution in [0.3, 0.4) is 0 Å². The molecule has 0 saturated carbocycles. The smallest absolute Gasteiger partial charge is 0.252 e. The molecule has 0 fully saturated rings. The standard InChI is InChI=1S/C18H21ClN2O3/c1-12(2)24-18-16(19)10-14(11-21-18)17(23)20-9-3-4-13-5-7-15(22)8-6-13/h5-8,10-12,22H,3-4,9H2,1-2H3,(H,20,23). The number of phenolic OH excluding ortho intramolecular Hbond substituents is 1. The molecule has 0 spiro atoms. The Morgan fingerprint density at radius 3 is 2.67 bits per heavy atom. The Bertz CT molecular complexity index is 687. The molecule has 0 aliphatic heterocycles. The van der Waals surface area contributed by atoms with Crippen molar-refractivity contribution in [2.75, 3.05) is 6.54 Å². The lowest BCUT2D eigenvalue weighted by molar-refractivity contribution is 0.0952. The lowest BCUT2D eigenvalue weighted by Gasteiger charge is -2.11. The van der Waals surface area contributed by atoms with E-state index < -0.39 is 0 Å². The number of aryl methyl sites for hydroxylation is 1. The first kappa shape index (κ1) is 18.1. The molecular weight excluding hydrogens is 328 g/mol. The van der Waals surface area contributed by atoms with Gasteiger partial charge in [-0.25, -0.2) is 4.98 Å². The molecule has 24 heavy (non-hydrogen) atoms. The first-order valence-electron chi connectivity index (χ1n) is 7.84. The van der Waals surface area contributed by atoms with Crippen molar-refractivity contribution in [3.63, 3.8) is 0 Å². The van der Waals surface area contributed by atoms with E-state index in [4.69, 9.17) is 16.3 Å². The lowest BCUT2D eigenvalue weighted by atomic mass is 10.1. The molecule has 6 heteroatoms. The van der Waals surface area contributed by atoms with Crippen LogP contribution in [0.5, 0.6) is 11.6 Å². The molecule has 1 aromatic heterocycles. The van der Waals surface area contributed by atoms with Gasteiger partial charge < -0.3 is 15.2 Å². The Hall–Kier alpha value is -2.27. The van der Waals surface area contributed by atoms with E-state index >= 15 is 0 Å². The maximum atomic E-state index is 12.1. The summed E-state index contributed by atoms with van der Waals surface area (Å²) in [5, 5.41) is 12.4. The summed E-state index contributed by atoms with van der Waals surface area (Å²) >= 11 is 6.08. The van der Waals surface area contributed by atoms with Crippen molar-refractivity contribution in [3.8, 4) is 11.6 Å². The number of aromatic hydroxyl groups is 1. The number of hydrogen-bond donors (Lipinski definition) is 2. The van der Waals surface area contributed by atoms with E-state index in [2.05, 4.69) is 10.3 Å². The number of phenols is 1. The van der Waals surface area contributed by atoms with Gasteiger partial charge in [-0.05, 0) is 50.5 Å². The summed E-state index contributed by atoms with van der Waals surface area (Å²) in [4.78, 5) is 16.2. The molecule has 2 aromatic rings. The summed E-state index contributed by atoms with van der Waals surface area (Å²) in [5.74, 6) is 0.364. The van der Waals surface area contributed by atoms with Gasteiger partial charge in [0.25, 0.3) is 5.91 Å². The third-order valence-electron chi connectivity index (χ3n) is 3.28. The van der Waals surface area contributed by atoms with Crippen LogP contribution >= 0.6 is 11.6 Å².